The summed E-state index contributed by atoms with van der Waals surface area (Å²) in [5, 5.41) is 5.51. The molecule has 1 amide bonds. The highest BCUT2D eigenvalue weighted by molar-refractivity contribution is 9.10. The van der Waals surface area contributed by atoms with Gasteiger partial charge >= 0.3 is 12.1 Å². The van der Waals surface area contributed by atoms with Crippen molar-refractivity contribution < 1.29 is 18.0 Å². The Morgan fingerprint density at radius 2 is 1.87 bits per heavy atom. The van der Waals surface area contributed by atoms with E-state index in [0.29, 0.717) is 11.6 Å². The van der Waals surface area contributed by atoms with Gasteiger partial charge in [-0.15, -0.1) is 0 Å². The topological polar surface area (TPSA) is 41.1 Å². The van der Waals surface area contributed by atoms with Crippen molar-refractivity contribution in [2.75, 3.05) is 10.6 Å². The van der Waals surface area contributed by atoms with Gasteiger partial charge in [0.1, 0.15) is 0 Å². The van der Waals surface area contributed by atoms with E-state index in [1.807, 2.05) is 5.32 Å². The molecular weight excluding hydrogens is 397 g/mol. The molecule has 0 aliphatic rings. The van der Waals surface area contributed by atoms with Crippen molar-refractivity contribution in [3.8, 4) is 0 Å². The number of halogens is 5. The average molecular weight is 408 g/mol. The van der Waals surface area contributed by atoms with Crippen LogP contribution in [0, 0.1) is 0 Å². The molecule has 0 saturated carbocycles. The number of nitrogens with one attached hydrogen (secondary N) is 2. The van der Waals surface area contributed by atoms with Crippen LogP contribution in [-0.4, -0.2) is 12.1 Å². The fraction of sp³-hybridized carbons (Fsp3) is 0.133. The predicted octanol–water partition coefficient (Wildman–Crippen LogP) is 5.22. The lowest BCUT2D eigenvalue weighted by Crippen LogP contribution is -2.29. The van der Waals surface area contributed by atoms with Crippen molar-refractivity contribution >= 4 is 44.8 Å². The summed E-state index contributed by atoms with van der Waals surface area (Å²) >= 11 is 9.20. The summed E-state index contributed by atoms with van der Waals surface area (Å²) in [7, 11) is 0. The quantitative estimate of drug-likeness (QED) is 0.730. The Labute approximate surface area is 144 Å². The van der Waals surface area contributed by atoms with Gasteiger partial charge in [-0.05, 0) is 51.8 Å². The van der Waals surface area contributed by atoms with E-state index < -0.39 is 12.1 Å². The lowest BCUT2D eigenvalue weighted by molar-refractivity contribution is -0.167. The van der Waals surface area contributed by atoms with Gasteiger partial charge in [0.25, 0.3) is 0 Å². The normalized spacial score (nSPS) is 11.2. The Morgan fingerprint density at radius 3 is 2.52 bits per heavy atom. The molecule has 2 aromatic rings. The second kappa shape index (κ2) is 7.23. The molecule has 0 unspecified atom stereocenters. The molecule has 8 heteroatoms. The minimum absolute atomic E-state index is 0.0870. The molecule has 3 nitrogen and oxygen atoms in total. The first-order valence-corrected chi connectivity index (χ1v) is 7.59. The first-order chi connectivity index (χ1) is 10.8. The Bertz CT molecular complexity index is 722. The largest absolute Gasteiger partial charge is 0.471 e. The van der Waals surface area contributed by atoms with Gasteiger partial charge in [-0.3, -0.25) is 4.79 Å². The monoisotopic (exact) mass is 406 g/mol. The van der Waals surface area contributed by atoms with E-state index in [1.54, 1.807) is 30.3 Å². The highest BCUT2D eigenvalue weighted by Gasteiger charge is 2.38. The van der Waals surface area contributed by atoms with Crippen molar-refractivity contribution in [3.63, 3.8) is 0 Å². The molecule has 2 aromatic carbocycles. The minimum Gasteiger partial charge on any atom is -0.381 e. The van der Waals surface area contributed by atoms with Gasteiger partial charge in [0.05, 0.1) is 5.02 Å². The van der Waals surface area contributed by atoms with Crippen LogP contribution < -0.4 is 10.6 Å². The average Bonchev–Trinajstić information content (AvgIpc) is 2.48. The molecule has 2 rings (SSSR count). The number of hydrogen-bond acceptors (Lipinski definition) is 2. The third-order valence-corrected chi connectivity index (χ3v) is 4.07. The van der Waals surface area contributed by atoms with Crippen molar-refractivity contribution in [2.24, 2.45) is 0 Å². The van der Waals surface area contributed by atoms with Crippen LogP contribution in [0.5, 0.6) is 0 Å². The van der Waals surface area contributed by atoms with E-state index in [4.69, 9.17) is 11.6 Å². The molecule has 0 aliphatic heterocycles. The molecule has 0 bridgehead atoms. The van der Waals surface area contributed by atoms with Crippen LogP contribution in [0.4, 0.5) is 24.5 Å². The number of amides is 1. The summed E-state index contributed by atoms with van der Waals surface area (Å²) in [6.45, 7) is 0.379. The molecule has 122 valence electrons. The lowest BCUT2D eigenvalue weighted by Gasteiger charge is -2.11. The highest BCUT2D eigenvalue weighted by atomic mass is 79.9. The summed E-state index contributed by atoms with van der Waals surface area (Å²) < 4.78 is 37.4. The first kappa shape index (κ1) is 17.6. The Balaban J connectivity index is 2.02. The van der Waals surface area contributed by atoms with Gasteiger partial charge in [-0.2, -0.15) is 13.2 Å². The number of anilines is 2. The molecule has 0 saturated heterocycles. The predicted molar refractivity (Wildman–Crippen MR) is 87.6 cm³/mol. The van der Waals surface area contributed by atoms with Crippen LogP contribution in [0.25, 0.3) is 0 Å². The van der Waals surface area contributed by atoms with Gasteiger partial charge < -0.3 is 10.6 Å². The minimum atomic E-state index is -4.91. The Kier molecular flexibility index (Phi) is 5.54. The van der Waals surface area contributed by atoms with Gasteiger partial charge in [0, 0.05) is 22.4 Å². The van der Waals surface area contributed by atoms with Crippen LogP contribution in [-0.2, 0) is 11.3 Å². The molecule has 0 heterocycles. The van der Waals surface area contributed by atoms with E-state index in [9.17, 15) is 18.0 Å². The summed E-state index contributed by atoms with van der Waals surface area (Å²) in [6.07, 6.45) is -4.91. The van der Waals surface area contributed by atoms with E-state index in [0.717, 1.165) is 15.7 Å². The van der Waals surface area contributed by atoms with Crippen molar-refractivity contribution in [1.29, 1.82) is 0 Å². The third-order valence-electron chi connectivity index (χ3n) is 2.86. The van der Waals surface area contributed by atoms with Gasteiger partial charge in [-0.25, -0.2) is 0 Å². The lowest BCUT2D eigenvalue weighted by atomic mass is 10.2. The van der Waals surface area contributed by atoms with Crippen LogP contribution in [0.3, 0.4) is 0 Å². The molecule has 0 radical (unpaired) electrons. The van der Waals surface area contributed by atoms with Crippen LogP contribution in [0.1, 0.15) is 5.56 Å². The molecule has 0 spiro atoms. The molecule has 0 aliphatic carbocycles. The van der Waals surface area contributed by atoms with Crippen LogP contribution in [0.2, 0.25) is 5.02 Å². The van der Waals surface area contributed by atoms with E-state index in [1.165, 1.54) is 12.1 Å². The van der Waals surface area contributed by atoms with Crippen molar-refractivity contribution in [3.05, 3.63) is 57.5 Å². The Hall–Kier alpha value is -1.73. The standard InChI is InChI=1S/C15H11BrClF3N2O/c16-12-7-10(4-5-13(12)17)21-8-9-2-1-3-11(6-9)22-14(23)15(18,19)20/h1-7,21H,8H2,(H,22,23). The molecule has 0 fully saturated rings. The van der Waals surface area contributed by atoms with Crippen LogP contribution >= 0.6 is 27.5 Å². The third kappa shape index (κ3) is 5.14. The van der Waals surface area contributed by atoms with Gasteiger partial charge in [0.2, 0.25) is 0 Å². The number of alkyl halides is 3. The SMILES string of the molecule is O=C(Nc1cccc(CNc2ccc(Cl)c(Br)c2)c1)C(F)(F)F. The molecule has 2 N–H and O–H groups in total. The first-order valence-electron chi connectivity index (χ1n) is 6.42. The maximum absolute atomic E-state index is 12.2. The highest BCUT2D eigenvalue weighted by Crippen LogP contribution is 2.26. The number of benzene rings is 2. The number of hydrogen-bond donors (Lipinski definition) is 2. The second-order valence-electron chi connectivity index (χ2n) is 4.63. The van der Waals surface area contributed by atoms with E-state index >= 15 is 0 Å². The van der Waals surface area contributed by atoms with Gasteiger partial charge in [-0.1, -0.05) is 23.7 Å². The summed E-state index contributed by atoms with van der Waals surface area (Å²) in [5.41, 5.74) is 1.60. The van der Waals surface area contributed by atoms with E-state index in [2.05, 4.69) is 21.2 Å². The fourth-order valence-corrected chi connectivity index (χ4v) is 2.27. The molecule has 0 aromatic heterocycles. The molecule has 0 atom stereocenters. The smallest absolute Gasteiger partial charge is 0.381 e. The van der Waals surface area contributed by atoms with Gasteiger partial charge in [0.15, 0.2) is 0 Å². The maximum Gasteiger partial charge on any atom is 0.471 e. The zero-order valence-corrected chi connectivity index (χ0v) is 13.9. The van der Waals surface area contributed by atoms with Crippen LogP contribution in [0.15, 0.2) is 46.9 Å². The molecule has 23 heavy (non-hydrogen) atoms. The number of rotatable bonds is 4. The second-order valence-corrected chi connectivity index (χ2v) is 5.90. The summed E-state index contributed by atoms with van der Waals surface area (Å²) in [4.78, 5) is 10.9. The summed E-state index contributed by atoms with van der Waals surface area (Å²) in [5.74, 6) is -2.00. The Morgan fingerprint density at radius 1 is 1.13 bits per heavy atom. The van der Waals surface area contributed by atoms with Crippen molar-refractivity contribution in [2.45, 2.75) is 12.7 Å². The van der Waals surface area contributed by atoms with Crippen molar-refractivity contribution in [1.82, 2.24) is 0 Å². The summed E-state index contributed by atoms with van der Waals surface area (Å²) in [6, 6.07) is 11.5. The zero-order valence-electron chi connectivity index (χ0n) is 11.5. The molecular formula is C15H11BrClF3N2O. The number of carbonyl (C=O) groups is 1. The number of carbonyl (C=O) groups excluding carboxylic acids is 1. The fourth-order valence-electron chi connectivity index (χ4n) is 1.77. The maximum atomic E-state index is 12.2. The zero-order chi connectivity index (χ0) is 17.0. The van der Waals surface area contributed by atoms with E-state index in [-0.39, 0.29) is 5.69 Å².